The lowest BCUT2D eigenvalue weighted by Crippen LogP contribution is -2.35. The van der Waals surface area contributed by atoms with E-state index in [4.69, 9.17) is 10.5 Å². The standard InChI is InChI=1S/C13H12N4O2/c1-10(18)11-3-2-4-12(9-11)16-13(19)17(7-5-14)8-6-15/h2-4,9H,7-8H2,1H3,(H,16,19). The highest BCUT2D eigenvalue weighted by molar-refractivity contribution is 5.96. The van der Waals surface area contributed by atoms with Gasteiger partial charge in [-0.1, -0.05) is 12.1 Å². The van der Waals surface area contributed by atoms with Crippen molar-refractivity contribution in [3.63, 3.8) is 0 Å². The zero-order valence-electron chi connectivity index (χ0n) is 10.4. The largest absolute Gasteiger partial charge is 0.323 e. The van der Waals surface area contributed by atoms with Gasteiger partial charge in [0.2, 0.25) is 0 Å². The number of urea groups is 1. The van der Waals surface area contributed by atoms with E-state index in [1.165, 1.54) is 13.0 Å². The lowest BCUT2D eigenvalue weighted by atomic mass is 10.1. The van der Waals surface area contributed by atoms with E-state index in [1.54, 1.807) is 18.2 Å². The van der Waals surface area contributed by atoms with Crippen LogP contribution in [0.3, 0.4) is 0 Å². The first kappa shape index (κ1) is 14.2. The average Bonchev–Trinajstić information content (AvgIpc) is 2.38. The number of hydrogen-bond acceptors (Lipinski definition) is 4. The van der Waals surface area contributed by atoms with Crippen molar-refractivity contribution in [2.45, 2.75) is 6.92 Å². The summed E-state index contributed by atoms with van der Waals surface area (Å²) >= 11 is 0. The van der Waals surface area contributed by atoms with Gasteiger partial charge < -0.3 is 5.32 Å². The maximum Gasteiger partial charge on any atom is 0.323 e. The third-order valence-electron chi connectivity index (χ3n) is 2.33. The molecule has 0 aromatic heterocycles. The smallest absolute Gasteiger partial charge is 0.308 e. The van der Waals surface area contributed by atoms with Crippen LogP contribution in [0.15, 0.2) is 24.3 Å². The summed E-state index contributed by atoms with van der Waals surface area (Å²) in [6.45, 7) is 1.08. The Morgan fingerprint density at radius 1 is 1.26 bits per heavy atom. The second kappa shape index (κ2) is 6.77. The van der Waals surface area contributed by atoms with Crippen LogP contribution in [0.1, 0.15) is 17.3 Å². The van der Waals surface area contributed by atoms with Gasteiger partial charge in [-0.2, -0.15) is 10.5 Å². The minimum absolute atomic E-state index is 0.109. The van der Waals surface area contributed by atoms with Crippen molar-refractivity contribution >= 4 is 17.5 Å². The third kappa shape index (κ3) is 4.14. The van der Waals surface area contributed by atoms with E-state index in [9.17, 15) is 9.59 Å². The first-order chi connectivity index (χ1) is 9.08. The van der Waals surface area contributed by atoms with Crippen LogP contribution in [-0.4, -0.2) is 29.8 Å². The first-order valence-corrected chi connectivity index (χ1v) is 5.49. The number of benzene rings is 1. The number of anilines is 1. The highest BCUT2D eigenvalue weighted by Gasteiger charge is 2.13. The lowest BCUT2D eigenvalue weighted by Gasteiger charge is -2.16. The van der Waals surface area contributed by atoms with Crippen LogP contribution < -0.4 is 5.32 Å². The molecule has 0 bridgehead atoms. The van der Waals surface area contributed by atoms with E-state index in [2.05, 4.69) is 5.32 Å². The molecule has 1 aromatic carbocycles. The van der Waals surface area contributed by atoms with Crippen LogP contribution in [0.4, 0.5) is 10.5 Å². The van der Waals surface area contributed by atoms with Gasteiger partial charge in [0.15, 0.2) is 5.78 Å². The molecule has 1 rings (SSSR count). The zero-order chi connectivity index (χ0) is 14.3. The fraction of sp³-hybridized carbons (Fsp3) is 0.231. The predicted octanol–water partition coefficient (Wildman–Crippen LogP) is 1.77. The first-order valence-electron chi connectivity index (χ1n) is 5.49. The van der Waals surface area contributed by atoms with Crippen molar-refractivity contribution in [3.8, 4) is 12.1 Å². The molecular formula is C13H12N4O2. The number of nitrogens with one attached hydrogen (secondary N) is 1. The van der Waals surface area contributed by atoms with Gasteiger partial charge in [0.25, 0.3) is 0 Å². The quantitative estimate of drug-likeness (QED) is 0.655. The van der Waals surface area contributed by atoms with Crippen LogP contribution in [0, 0.1) is 22.7 Å². The Labute approximate surface area is 110 Å². The number of rotatable bonds is 4. The summed E-state index contributed by atoms with van der Waals surface area (Å²) < 4.78 is 0. The van der Waals surface area contributed by atoms with Gasteiger partial charge in [0, 0.05) is 11.3 Å². The lowest BCUT2D eigenvalue weighted by molar-refractivity contribution is 0.101. The van der Waals surface area contributed by atoms with E-state index >= 15 is 0 Å². The van der Waals surface area contributed by atoms with Gasteiger partial charge in [-0.05, 0) is 19.1 Å². The maximum absolute atomic E-state index is 11.8. The van der Waals surface area contributed by atoms with Gasteiger partial charge in [0.05, 0.1) is 12.1 Å². The molecule has 0 unspecified atom stereocenters. The predicted molar refractivity (Wildman–Crippen MR) is 68.3 cm³/mol. The summed E-state index contributed by atoms with van der Waals surface area (Å²) in [5, 5.41) is 19.7. The molecular weight excluding hydrogens is 244 g/mol. The van der Waals surface area contributed by atoms with Crippen molar-refractivity contribution in [3.05, 3.63) is 29.8 Å². The summed E-state index contributed by atoms with van der Waals surface area (Å²) in [6.07, 6.45) is 0. The molecule has 0 aliphatic heterocycles. The van der Waals surface area contributed by atoms with Crippen molar-refractivity contribution in [1.29, 1.82) is 10.5 Å². The van der Waals surface area contributed by atoms with E-state index < -0.39 is 6.03 Å². The molecule has 0 saturated carbocycles. The SMILES string of the molecule is CC(=O)c1cccc(NC(=O)N(CC#N)CC#N)c1. The fourth-order valence-corrected chi connectivity index (χ4v) is 1.39. The van der Waals surface area contributed by atoms with Gasteiger partial charge in [-0.25, -0.2) is 4.79 Å². The Morgan fingerprint density at radius 3 is 2.42 bits per heavy atom. The van der Waals surface area contributed by atoms with Crippen molar-refractivity contribution in [2.24, 2.45) is 0 Å². The molecule has 6 nitrogen and oxygen atoms in total. The Bertz CT molecular complexity index is 553. The summed E-state index contributed by atoms with van der Waals surface area (Å²) in [7, 11) is 0. The molecule has 6 heteroatoms. The highest BCUT2D eigenvalue weighted by atomic mass is 16.2. The van der Waals surface area contributed by atoms with Crippen LogP contribution in [-0.2, 0) is 0 Å². The van der Waals surface area contributed by atoms with E-state index in [0.717, 1.165) is 4.90 Å². The number of amides is 2. The Hall–Kier alpha value is -2.86. The van der Waals surface area contributed by atoms with Gasteiger partial charge in [-0.3, -0.25) is 9.69 Å². The fourth-order valence-electron chi connectivity index (χ4n) is 1.39. The van der Waals surface area contributed by atoms with Crippen molar-refractivity contribution in [2.75, 3.05) is 18.4 Å². The third-order valence-corrected chi connectivity index (χ3v) is 2.33. The highest BCUT2D eigenvalue weighted by Crippen LogP contribution is 2.11. The number of nitrogens with zero attached hydrogens (tertiary/aromatic N) is 3. The van der Waals surface area contributed by atoms with Crippen LogP contribution >= 0.6 is 0 Å². The molecule has 2 amide bonds. The van der Waals surface area contributed by atoms with Gasteiger partial charge >= 0.3 is 6.03 Å². The van der Waals surface area contributed by atoms with Gasteiger partial charge in [-0.15, -0.1) is 0 Å². The van der Waals surface area contributed by atoms with Crippen LogP contribution in [0.25, 0.3) is 0 Å². The van der Waals surface area contributed by atoms with Gasteiger partial charge in [0.1, 0.15) is 13.1 Å². The zero-order valence-corrected chi connectivity index (χ0v) is 10.4. The van der Waals surface area contributed by atoms with Crippen LogP contribution in [0.2, 0.25) is 0 Å². The van der Waals surface area contributed by atoms with E-state index in [1.807, 2.05) is 12.1 Å². The minimum atomic E-state index is -0.552. The summed E-state index contributed by atoms with van der Waals surface area (Å²) in [6, 6.07) is 9.51. The molecule has 1 aromatic rings. The number of ketones is 1. The molecule has 0 atom stereocenters. The number of hydrogen-bond donors (Lipinski definition) is 1. The summed E-state index contributed by atoms with van der Waals surface area (Å²) in [5.74, 6) is -0.109. The molecule has 0 heterocycles. The Kier molecular flexibility index (Phi) is 5.06. The maximum atomic E-state index is 11.8. The van der Waals surface area contributed by atoms with Crippen LogP contribution in [0.5, 0.6) is 0 Å². The molecule has 0 spiro atoms. The number of carbonyl (C=O) groups excluding carboxylic acids is 2. The normalized spacial score (nSPS) is 9.00. The molecule has 96 valence electrons. The second-order valence-corrected chi connectivity index (χ2v) is 3.74. The summed E-state index contributed by atoms with van der Waals surface area (Å²) in [4.78, 5) is 24.1. The van der Waals surface area contributed by atoms with E-state index in [0.29, 0.717) is 11.3 Å². The molecule has 0 aliphatic carbocycles. The molecule has 0 saturated heterocycles. The number of Topliss-reactive ketones (excluding diaryl/α,β-unsaturated/α-hetero) is 1. The number of carbonyl (C=O) groups is 2. The Balaban J connectivity index is 2.81. The topological polar surface area (TPSA) is 97.0 Å². The second-order valence-electron chi connectivity index (χ2n) is 3.74. The minimum Gasteiger partial charge on any atom is -0.308 e. The monoisotopic (exact) mass is 256 g/mol. The van der Waals surface area contributed by atoms with Crippen molar-refractivity contribution in [1.82, 2.24) is 4.90 Å². The summed E-state index contributed by atoms with van der Waals surface area (Å²) in [5.41, 5.74) is 0.920. The molecule has 19 heavy (non-hydrogen) atoms. The average molecular weight is 256 g/mol. The molecule has 0 aliphatic rings. The van der Waals surface area contributed by atoms with E-state index in [-0.39, 0.29) is 18.9 Å². The van der Waals surface area contributed by atoms with Crippen molar-refractivity contribution < 1.29 is 9.59 Å². The number of nitriles is 2. The molecule has 0 radical (unpaired) electrons. The Morgan fingerprint density at radius 2 is 1.89 bits per heavy atom. The molecule has 1 N–H and O–H groups in total. The molecule has 0 fully saturated rings.